The van der Waals surface area contributed by atoms with Gasteiger partial charge in [-0.05, 0) is 44.7 Å². The molecule has 2 atom stereocenters. The maximum Gasteiger partial charge on any atom is 0.216 e. The van der Waals surface area contributed by atoms with Crippen LogP contribution < -0.4 is 5.73 Å². The Balaban J connectivity index is 2.11. The van der Waals surface area contributed by atoms with Crippen molar-refractivity contribution in [2.24, 2.45) is 16.6 Å². The fourth-order valence-electron chi connectivity index (χ4n) is 3.71. The average Bonchev–Trinajstić information content (AvgIpc) is 2.54. The van der Waals surface area contributed by atoms with Gasteiger partial charge in [0.05, 0.1) is 5.54 Å². The van der Waals surface area contributed by atoms with Gasteiger partial charge >= 0.3 is 0 Å². The smallest absolute Gasteiger partial charge is 0.216 e. The van der Waals surface area contributed by atoms with Gasteiger partial charge in [0.15, 0.2) is 0 Å². The van der Waals surface area contributed by atoms with Gasteiger partial charge in [-0.25, -0.2) is 10.1 Å². The van der Waals surface area contributed by atoms with Crippen molar-refractivity contribution in [1.82, 2.24) is 9.96 Å². The van der Waals surface area contributed by atoms with Crippen LogP contribution in [0.1, 0.15) is 58.8 Å². The molecule has 22 heavy (non-hydrogen) atoms. The topological polar surface area (TPSA) is 54.1 Å². The number of unbranched alkanes of at least 4 members (excludes halogenated alkanes) is 2. The first-order chi connectivity index (χ1) is 10.6. The largest absolute Gasteiger partial charge is 0.368 e. The normalized spacial score (nSPS) is 30.4. The lowest BCUT2D eigenvalue weighted by Gasteiger charge is -2.46. The summed E-state index contributed by atoms with van der Waals surface area (Å²) in [5.74, 6) is 1.10. The number of hydrogen-bond donors (Lipinski definition) is 1. The lowest BCUT2D eigenvalue weighted by molar-refractivity contribution is -0.128. The molecule has 0 spiro atoms. The van der Waals surface area contributed by atoms with Gasteiger partial charge in [0, 0.05) is 13.6 Å². The Morgan fingerprint density at radius 2 is 2.09 bits per heavy atom. The van der Waals surface area contributed by atoms with Crippen molar-refractivity contribution >= 4 is 5.96 Å². The van der Waals surface area contributed by atoms with Gasteiger partial charge < -0.3 is 10.6 Å². The molecular weight excluding hydrogens is 276 g/mol. The molecule has 0 amide bonds. The summed E-state index contributed by atoms with van der Waals surface area (Å²) in [6.45, 7) is 8.78. The van der Waals surface area contributed by atoms with Crippen LogP contribution in [0.3, 0.4) is 0 Å². The molecule has 2 N–H and O–H groups in total. The highest BCUT2D eigenvalue weighted by Crippen LogP contribution is 2.37. The summed E-state index contributed by atoms with van der Waals surface area (Å²) in [6.07, 6.45) is 8.54. The van der Waals surface area contributed by atoms with Crippen LogP contribution in [0.4, 0.5) is 0 Å². The van der Waals surface area contributed by atoms with Gasteiger partial charge in [-0.3, -0.25) is 4.84 Å². The van der Waals surface area contributed by atoms with E-state index >= 15 is 0 Å². The summed E-state index contributed by atoms with van der Waals surface area (Å²) in [7, 11) is 1.84. The maximum atomic E-state index is 6.08. The van der Waals surface area contributed by atoms with Gasteiger partial charge in [-0.2, -0.15) is 0 Å². The molecule has 0 saturated carbocycles. The standard InChI is InChI=1S/C17H34N4O/c1-4-6-10-17(14-22-20(3)16(18)19-17)15-9-8-12-21(13-15)11-7-5-2/h15H,4-14H2,1-3H3,(H2,18,19)/t15?,17-/m0/s1. The molecule has 1 unspecified atom stereocenters. The highest BCUT2D eigenvalue weighted by molar-refractivity contribution is 5.77. The monoisotopic (exact) mass is 310 g/mol. The fourth-order valence-corrected chi connectivity index (χ4v) is 3.71. The zero-order valence-corrected chi connectivity index (χ0v) is 14.7. The Hall–Kier alpha value is -0.810. The van der Waals surface area contributed by atoms with Crippen molar-refractivity contribution in [3.05, 3.63) is 0 Å². The molecule has 0 aromatic rings. The molecule has 5 heteroatoms. The first kappa shape index (κ1) is 17.5. The van der Waals surface area contributed by atoms with E-state index in [1.54, 1.807) is 5.06 Å². The van der Waals surface area contributed by atoms with E-state index in [-0.39, 0.29) is 5.54 Å². The quantitative estimate of drug-likeness (QED) is 0.785. The molecule has 0 aliphatic carbocycles. The fraction of sp³-hybridized carbons (Fsp3) is 0.941. The molecule has 0 aromatic heterocycles. The van der Waals surface area contributed by atoms with Gasteiger partial charge in [-0.1, -0.05) is 33.1 Å². The summed E-state index contributed by atoms with van der Waals surface area (Å²) >= 11 is 0. The minimum Gasteiger partial charge on any atom is -0.368 e. The van der Waals surface area contributed by atoms with E-state index in [0.29, 0.717) is 18.5 Å². The molecule has 1 fully saturated rings. The highest BCUT2D eigenvalue weighted by Gasteiger charge is 2.43. The summed E-state index contributed by atoms with van der Waals surface area (Å²) in [6, 6.07) is 0. The third kappa shape index (κ3) is 4.13. The van der Waals surface area contributed by atoms with Crippen LogP contribution in [0.25, 0.3) is 0 Å². The predicted octanol–water partition coefficient (Wildman–Crippen LogP) is 2.62. The van der Waals surface area contributed by atoms with E-state index in [0.717, 1.165) is 13.0 Å². The van der Waals surface area contributed by atoms with Crippen LogP contribution in [0.15, 0.2) is 4.99 Å². The SMILES string of the molecule is CCCCN1CCCC([C@]2(CCCC)CON(C)C(N)=N2)C1. The van der Waals surface area contributed by atoms with Crippen molar-refractivity contribution < 1.29 is 4.84 Å². The number of hydroxylamine groups is 2. The number of nitrogens with two attached hydrogens (primary N) is 1. The third-order valence-corrected chi connectivity index (χ3v) is 5.22. The Kier molecular flexibility index (Phi) is 6.50. The Labute approximate surface area is 135 Å². The molecule has 2 heterocycles. The Morgan fingerprint density at radius 1 is 1.32 bits per heavy atom. The summed E-state index contributed by atoms with van der Waals surface area (Å²) in [4.78, 5) is 13.4. The van der Waals surface area contributed by atoms with Crippen LogP contribution in [-0.2, 0) is 4.84 Å². The number of nitrogens with zero attached hydrogens (tertiary/aromatic N) is 3. The van der Waals surface area contributed by atoms with Gasteiger partial charge in [0.1, 0.15) is 6.61 Å². The molecule has 0 bridgehead atoms. The molecule has 1 saturated heterocycles. The molecule has 128 valence electrons. The Morgan fingerprint density at radius 3 is 2.77 bits per heavy atom. The number of aliphatic imine (C=N–C) groups is 1. The van der Waals surface area contributed by atoms with Crippen LogP contribution in [0, 0.1) is 5.92 Å². The van der Waals surface area contributed by atoms with E-state index in [2.05, 4.69) is 18.7 Å². The second-order valence-electron chi connectivity index (χ2n) is 6.94. The van der Waals surface area contributed by atoms with Gasteiger partial charge in [0.2, 0.25) is 5.96 Å². The maximum absolute atomic E-state index is 6.08. The number of likely N-dealkylation sites (tertiary alicyclic amines) is 1. The third-order valence-electron chi connectivity index (χ3n) is 5.22. The zero-order valence-electron chi connectivity index (χ0n) is 14.7. The van der Waals surface area contributed by atoms with Crippen molar-refractivity contribution in [3.63, 3.8) is 0 Å². The van der Waals surface area contributed by atoms with E-state index in [1.165, 1.54) is 51.6 Å². The minimum absolute atomic E-state index is 0.114. The second kappa shape index (κ2) is 8.16. The summed E-state index contributed by atoms with van der Waals surface area (Å²) in [5.41, 5.74) is 5.97. The number of rotatable bonds is 7. The summed E-state index contributed by atoms with van der Waals surface area (Å²) < 4.78 is 0. The highest BCUT2D eigenvalue weighted by atomic mass is 16.7. The molecule has 5 nitrogen and oxygen atoms in total. The van der Waals surface area contributed by atoms with Crippen LogP contribution in [-0.4, -0.2) is 54.8 Å². The number of guanidine groups is 1. The van der Waals surface area contributed by atoms with Crippen LogP contribution in [0.5, 0.6) is 0 Å². The summed E-state index contributed by atoms with van der Waals surface area (Å²) in [5, 5.41) is 1.61. The number of hydrogen-bond acceptors (Lipinski definition) is 5. The van der Waals surface area contributed by atoms with Crippen LogP contribution in [0.2, 0.25) is 0 Å². The molecule has 0 radical (unpaired) electrons. The first-order valence-electron chi connectivity index (χ1n) is 9.05. The molecular formula is C17H34N4O. The Bertz CT molecular complexity index is 374. The zero-order chi connectivity index (χ0) is 16.0. The molecule has 2 rings (SSSR count). The van der Waals surface area contributed by atoms with Crippen molar-refractivity contribution in [2.75, 3.05) is 33.3 Å². The van der Waals surface area contributed by atoms with Gasteiger partial charge in [0.25, 0.3) is 0 Å². The van der Waals surface area contributed by atoms with E-state index in [1.807, 2.05) is 7.05 Å². The van der Waals surface area contributed by atoms with E-state index < -0.39 is 0 Å². The minimum atomic E-state index is -0.114. The molecule has 2 aliphatic rings. The average molecular weight is 310 g/mol. The van der Waals surface area contributed by atoms with Crippen molar-refractivity contribution in [2.45, 2.75) is 64.3 Å². The first-order valence-corrected chi connectivity index (χ1v) is 9.05. The second-order valence-corrected chi connectivity index (χ2v) is 6.94. The molecule has 2 aliphatic heterocycles. The molecule has 0 aromatic carbocycles. The number of piperidine rings is 1. The van der Waals surface area contributed by atoms with E-state index in [9.17, 15) is 0 Å². The van der Waals surface area contributed by atoms with Crippen molar-refractivity contribution in [3.8, 4) is 0 Å². The van der Waals surface area contributed by atoms with Crippen molar-refractivity contribution in [1.29, 1.82) is 0 Å². The lowest BCUT2D eigenvalue weighted by Crippen LogP contribution is -2.55. The van der Waals surface area contributed by atoms with E-state index in [4.69, 9.17) is 15.6 Å². The lowest BCUT2D eigenvalue weighted by atomic mass is 9.76. The van der Waals surface area contributed by atoms with Crippen LogP contribution >= 0.6 is 0 Å². The van der Waals surface area contributed by atoms with Gasteiger partial charge in [-0.15, -0.1) is 0 Å². The predicted molar refractivity (Wildman–Crippen MR) is 91.7 cm³/mol.